The van der Waals surface area contributed by atoms with Crippen LogP contribution in [0, 0.1) is 5.92 Å². The molecular weight excluding hydrogens is 288 g/mol. The van der Waals surface area contributed by atoms with Gasteiger partial charge >= 0.3 is 0 Å². The summed E-state index contributed by atoms with van der Waals surface area (Å²) in [7, 11) is 0. The zero-order valence-electron chi connectivity index (χ0n) is 11.3. The van der Waals surface area contributed by atoms with E-state index in [0.29, 0.717) is 0 Å². The molecule has 0 amide bonds. The van der Waals surface area contributed by atoms with Crippen molar-refractivity contribution in [2.24, 2.45) is 11.7 Å². The number of anilines is 1. The maximum Gasteiger partial charge on any atom is 0.0377 e. The number of hydrogen-bond donors (Lipinski definition) is 1. The number of halogens is 1. The van der Waals surface area contributed by atoms with Gasteiger partial charge < -0.3 is 10.6 Å². The summed E-state index contributed by atoms with van der Waals surface area (Å²) in [6.07, 6.45) is 4.00. The second-order valence-electron chi connectivity index (χ2n) is 5.38. The topological polar surface area (TPSA) is 29.3 Å². The van der Waals surface area contributed by atoms with Crippen molar-refractivity contribution in [3.05, 3.63) is 28.2 Å². The first-order valence-electron chi connectivity index (χ1n) is 6.91. The van der Waals surface area contributed by atoms with Crippen LogP contribution in [0.1, 0.15) is 44.7 Å². The average Bonchev–Trinajstić information content (AvgIpc) is 3.11. The zero-order chi connectivity index (χ0) is 13.1. The molecule has 0 heterocycles. The van der Waals surface area contributed by atoms with Gasteiger partial charge in [-0.1, -0.05) is 28.9 Å². The van der Waals surface area contributed by atoms with Gasteiger partial charge in [-0.3, -0.25) is 0 Å². The van der Waals surface area contributed by atoms with Crippen LogP contribution in [-0.2, 0) is 0 Å². The predicted octanol–water partition coefficient (Wildman–Crippen LogP) is 4.10. The molecule has 1 aliphatic rings. The minimum Gasteiger partial charge on any atom is -0.371 e. The molecule has 1 aromatic carbocycles. The van der Waals surface area contributed by atoms with E-state index in [0.717, 1.165) is 16.9 Å². The van der Waals surface area contributed by atoms with E-state index in [-0.39, 0.29) is 6.04 Å². The summed E-state index contributed by atoms with van der Waals surface area (Å²) in [5.41, 5.74) is 8.45. The van der Waals surface area contributed by atoms with Gasteiger partial charge in [-0.15, -0.1) is 0 Å². The molecule has 0 aromatic heterocycles. The lowest BCUT2D eigenvalue weighted by Crippen LogP contribution is -2.26. The highest BCUT2D eigenvalue weighted by Crippen LogP contribution is 2.33. The van der Waals surface area contributed by atoms with Gasteiger partial charge in [0.15, 0.2) is 0 Å². The lowest BCUT2D eigenvalue weighted by atomic mass is 10.1. The molecule has 2 nitrogen and oxygen atoms in total. The highest BCUT2D eigenvalue weighted by atomic mass is 79.9. The third-order valence-electron chi connectivity index (χ3n) is 3.51. The van der Waals surface area contributed by atoms with Crippen molar-refractivity contribution in [3.63, 3.8) is 0 Å². The van der Waals surface area contributed by atoms with Gasteiger partial charge in [0.2, 0.25) is 0 Å². The van der Waals surface area contributed by atoms with E-state index in [4.69, 9.17) is 5.73 Å². The van der Waals surface area contributed by atoms with Crippen molar-refractivity contribution in [3.8, 4) is 0 Å². The summed E-state index contributed by atoms with van der Waals surface area (Å²) >= 11 is 3.64. The molecular formula is C15H23BrN2. The summed E-state index contributed by atoms with van der Waals surface area (Å²) < 4.78 is 1.13. The lowest BCUT2D eigenvalue weighted by molar-refractivity contribution is 0.707. The third kappa shape index (κ3) is 3.48. The van der Waals surface area contributed by atoms with Crippen LogP contribution in [0.5, 0.6) is 0 Å². The maximum absolute atomic E-state index is 5.95. The molecule has 0 saturated heterocycles. The molecule has 0 bridgehead atoms. The van der Waals surface area contributed by atoms with Crippen molar-refractivity contribution in [1.82, 2.24) is 0 Å². The maximum atomic E-state index is 5.95. The minimum absolute atomic E-state index is 0.0801. The fourth-order valence-corrected chi connectivity index (χ4v) is 3.02. The minimum atomic E-state index is 0.0801. The Morgan fingerprint density at radius 3 is 2.67 bits per heavy atom. The van der Waals surface area contributed by atoms with E-state index in [1.54, 1.807) is 0 Å². The highest BCUT2D eigenvalue weighted by molar-refractivity contribution is 9.10. The monoisotopic (exact) mass is 310 g/mol. The second kappa shape index (κ2) is 6.07. The average molecular weight is 311 g/mol. The fraction of sp³-hybridized carbons (Fsp3) is 0.600. The van der Waals surface area contributed by atoms with Crippen LogP contribution in [0.2, 0.25) is 0 Å². The molecule has 18 heavy (non-hydrogen) atoms. The first-order valence-corrected chi connectivity index (χ1v) is 7.71. The molecule has 2 rings (SSSR count). The van der Waals surface area contributed by atoms with Crippen LogP contribution in [0.25, 0.3) is 0 Å². The molecule has 1 fully saturated rings. The Bertz CT molecular complexity index is 399. The van der Waals surface area contributed by atoms with Crippen LogP contribution in [0.4, 0.5) is 5.69 Å². The molecule has 3 heteroatoms. The van der Waals surface area contributed by atoms with E-state index < -0.39 is 0 Å². The van der Waals surface area contributed by atoms with Gasteiger partial charge in [0.1, 0.15) is 0 Å². The first-order chi connectivity index (χ1) is 8.61. The summed E-state index contributed by atoms with van der Waals surface area (Å²) in [5.74, 6) is 0.920. The number of nitrogens with two attached hydrogens (primary N) is 1. The quantitative estimate of drug-likeness (QED) is 0.857. The van der Waals surface area contributed by atoms with Crippen LogP contribution < -0.4 is 10.6 Å². The van der Waals surface area contributed by atoms with Gasteiger partial charge in [0, 0.05) is 29.3 Å². The summed E-state index contributed by atoms with van der Waals surface area (Å²) in [5, 5.41) is 0. The largest absolute Gasteiger partial charge is 0.371 e. The highest BCUT2D eigenvalue weighted by Gasteiger charge is 2.24. The Morgan fingerprint density at radius 1 is 1.44 bits per heavy atom. The summed E-state index contributed by atoms with van der Waals surface area (Å²) in [6, 6.07) is 6.66. The third-order valence-corrected chi connectivity index (χ3v) is 4.20. The summed E-state index contributed by atoms with van der Waals surface area (Å²) in [6.45, 7) is 6.61. The van der Waals surface area contributed by atoms with Gasteiger partial charge in [-0.2, -0.15) is 0 Å². The second-order valence-corrected chi connectivity index (χ2v) is 6.24. The molecule has 2 N–H and O–H groups in total. The Hall–Kier alpha value is -0.540. The Labute approximate surface area is 119 Å². The van der Waals surface area contributed by atoms with E-state index >= 15 is 0 Å². The molecule has 100 valence electrons. The number of nitrogens with zero attached hydrogens (tertiary/aromatic N) is 1. The fourth-order valence-electron chi connectivity index (χ4n) is 2.29. The van der Waals surface area contributed by atoms with E-state index in [2.05, 4.69) is 46.0 Å². The Kier molecular flexibility index (Phi) is 4.68. The van der Waals surface area contributed by atoms with Gasteiger partial charge in [-0.05, 0) is 49.8 Å². The molecule has 0 radical (unpaired) electrons. The SMILES string of the molecule is CCCN(CC1CC1)c1ccc([C@@H](C)N)c(Br)c1. The molecule has 0 spiro atoms. The van der Waals surface area contributed by atoms with E-state index in [9.17, 15) is 0 Å². The molecule has 1 atom stereocenters. The Balaban J connectivity index is 2.15. The molecule has 0 aliphatic heterocycles. The van der Waals surface area contributed by atoms with Crippen LogP contribution >= 0.6 is 15.9 Å². The van der Waals surface area contributed by atoms with Crippen molar-refractivity contribution in [2.75, 3.05) is 18.0 Å². The smallest absolute Gasteiger partial charge is 0.0377 e. The van der Waals surface area contributed by atoms with Crippen LogP contribution in [0.3, 0.4) is 0 Å². The number of hydrogen-bond acceptors (Lipinski definition) is 2. The molecule has 1 aromatic rings. The number of benzene rings is 1. The number of rotatable bonds is 6. The standard InChI is InChI=1S/C15H23BrN2/c1-3-8-18(10-12-4-5-12)13-6-7-14(11(2)17)15(16)9-13/h6-7,9,11-12H,3-5,8,10,17H2,1-2H3/t11-/m1/s1. The summed E-state index contributed by atoms with van der Waals surface area (Å²) in [4.78, 5) is 2.51. The van der Waals surface area contributed by atoms with E-state index in [1.165, 1.54) is 37.1 Å². The van der Waals surface area contributed by atoms with Crippen molar-refractivity contribution >= 4 is 21.6 Å². The Morgan fingerprint density at radius 2 is 2.17 bits per heavy atom. The first kappa shape index (κ1) is 13.9. The van der Waals surface area contributed by atoms with Gasteiger partial charge in [0.25, 0.3) is 0 Å². The zero-order valence-corrected chi connectivity index (χ0v) is 12.9. The van der Waals surface area contributed by atoms with Gasteiger partial charge in [-0.25, -0.2) is 0 Å². The lowest BCUT2D eigenvalue weighted by Gasteiger charge is -2.25. The van der Waals surface area contributed by atoms with Crippen molar-refractivity contribution < 1.29 is 0 Å². The predicted molar refractivity (Wildman–Crippen MR) is 82.0 cm³/mol. The van der Waals surface area contributed by atoms with Crippen molar-refractivity contribution in [2.45, 2.75) is 39.2 Å². The molecule has 1 saturated carbocycles. The van der Waals surface area contributed by atoms with Crippen LogP contribution in [-0.4, -0.2) is 13.1 Å². The van der Waals surface area contributed by atoms with Crippen molar-refractivity contribution in [1.29, 1.82) is 0 Å². The van der Waals surface area contributed by atoms with Gasteiger partial charge in [0.05, 0.1) is 0 Å². The normalized spacial score (nSPS) is 16.7. The molecule has 1 aliphatic carbocycles. The van der Waals surface area contributed by atoms with E-state index in [1.807, 2.05) is 6.92 Å². The molecule has 0 unspecified atom stereocenters. The van der Waals surface area contributed by atoms with Crippen LogP contribution in [0.15, 0.2) is 22.7 Å².